The number of benzene rings is 1. The Morgan fingerprint density at radius 2 is 2.05 bits per heavy atom. The van der Waals surface area contributed by atoms with Crippen LogP contribution in [0.3, 0.4) is 0 Å². The molecule has 1 aromatic heterocycles. The number of halogens is 1. The van der Waals surface area contributed by atoms with E-state index in [1.54, 1.807) is 41.5 Å². The highest BCUT2D eigenvalue weighted by molar-refractivity contribution is 7.12. The minimum Gasteiger partial charge on any atom is -0.398 e. The van der Waals surface area contributed by atoms with Gasteiger partial charge in [0, 0.05) is 22.5 Å². The first kappa shape index (κ1) is 14.9. The van der Waals surface area contributed by atoms with Crippen molar-refractivity contribution in [3.05, 3.63) is 50.7 Å². The van der Waals surface area contributed by atoms with Gasteiger partial charge in [-0.05, 0) is 38.1 Å². The highest BCUT2D eigenvalue weighted by Crippen LogP contribution is 2.30. The normalized spacial score (nSPS) is 12.2. The fourth-order valence-corrected chi connectivity index (χ4v) is 3.22. The van der Waals surface area contributed by atoms with Gasteiger partial charge in [0.1, 0.15) is 0 Å². The molecule has 0 radical (unpaired) electrons. The van der Waals surface area contributed by atoms with Crippen molar-refractivity contribution in [2.24, 2.45) is 0 Å². The summed E-state index contributed by atoms with van der Waals surface area (Å²) in [5.41, 5.74) is 6.65. The topological polar surface area (TPSA) is 46.3 Å². The molecule has 0 saturated heterocycles. The maximum absolute atomic E-state index is 12.6. The third kappa shape index (κ3) is 2.81. The van der Waals surface area contributed by atoms with Crippen LogP contribution in [0.4, 0.5) is 5.69 Å². The summed E-state index contributed by atoms with van der Waals surface area (Å²) in [6, 6.07) is 9.19. The van der Waals surface area contributed by atoms with Crippen molar-refractivity contribution in [1.82, 2.24) is 4.90 Å². The molecule has 2 aromatic rings. The van der Waals surface area contributed by atoms with Gasteiger partial charge in [0.05, 0.1) is 16.6 Å². The lowest BCUT2D eigenvalue weighted by atomic mass is 10.1. The van der Waals surface area contributed by atoms with Crippen LogP contribution in [-0.2, 0) is 0 Å². The summed E-state index contributed by atoms with van der Waals surface area (Å²) >= 11 is 7.79. The molecule has 2 N–H and O–H groups in total. The Hall–Kier alpha value is -1.52. The van der Waals surface area contributed by atoms with Gasteiger partial charge in [-0.2, -0.15) is 0 Å². The number of carbonyl (C=O) groups excluding carboxylic acids is 1. The number of hydrogen-bond acceptors (Lipinski definition) is 3. The van der Waals surface area contributed by atoms with E-state index in [-0.39, 0.29) is 11.9 Å². The van der Waals surface area contributed by atoms with E-state index in [0.29, 0.717) is 16.3 Å². The maximum atomic E-state index is 12.6. The molecule has 106 valence electrons. The van der Waals surface area contributed by atoms with Gasteiger partial charge in [-0.1, -0.05) is 17.7 Å². The predicted molar refractivity (Wildman–Crippen MR) is 85.4 cm³/mol. The standard InChI is InChI=1S/C15H17ClN2OS/c1-9-7-8-13(20-9)10(2)18(3)15(19)14-11(16)5-4-6-12(14)17/h4-8,10H,17H2,1-3H3. The van der Waals surface area contributed by atoms with E-state index in [9.17, 15) is 4.79 Å². The van der Waals surface area contributed by atoms with Crippen molar-refractivity contribution in [3.8, 4) is 0 Å². The minimum atomic E-state index is -0.161. The van der Waals surface area contributed by atoms with E-state index in [0.717, 1.165) is 4.88 Å². The van der Waals surface area contributed by atoms with Gasteiger partial charge in [0.15, 0.2) is 0 Å². The van der Waals surface area contributed by atoms with Crippen LogP contribution in [0.15, 0.2) is 30.3 Å². The molecular weight excluding hydrogens is 292 g/mol. The van der Waals surface area contributed by atoms with Crippen LogP contribution < -0.4 is 5.73 Å². The summed E-state index contributed by atoms with van der Waals surface area (Å²) in [7, 11) is 1.77. The van der Waals surface area contributed by atoms with Crippen LogP contribution in [0.2, 0.25) is 5.02 Å². The summed E-state index contributed by atoms with van der Waals surface area (Å²) in [6.07, 6.45) is 0. The molecule has 2 rings (SSSR count). The summed E-state index contributed by atoms with van der Waals surface area (Å²) in [4.78, 5) is 16.6. The van der Waals surface area contributed by atoms with E-state index >= 15 is 0 Å². The van der Waals surface area contributed by atoms with Crippen molar-refractivity contribution in [3.63, 3.8) is 0 Å². The zero-order valence-electron chi connectivity index (χ0n) is 11.7. The third-order valence-electron chi connectivity index (χ3n) is 3.33. The Kier molecular flexibility index (Phi) is 4.35. The zero-order chi connectivity index (χ0) is 14.9. The van der Waals surface area contributed by atoms with Crippen molar-refractivity contribution in [1.29, 1.82) is 0 Å². The van der Waals surface area contributed by atoms with Crippen LogP contribution in [-0.4, -0.2) is 17.9 Å². The molecule has 0 aliphatic heterocycles. The van der Waals surface area contributed by atoms with E-state index < -0.39 is 0 Å². The monoisotopic (exact) mass is 308 g/mol. The number of nitrogen functional groups attached to an aromatic ring is 1. The number of thiophene rings is 1. The molecule has 1 aromatic carbocycles. The van der Waals surface area contributed by atoms with Crippen LogP contribution in [0.1, 0.15) is 33.1 Å². The highest BCUT2D eigenvalue weighted by Gasteiger charge is 2.23. The smallest absolute Gasteiger partial charge is 0.257 e. The molecule has 0 saturated carbocycles. The van der Waals surface area contributed by atoms with Gasteiger partial charge >= 0.3 is 0 Å². The quantitative estimate of drug-likeness (QED) is 0.867. The Labute approximate surface area is 128 Å². The fraction of sp³-hybridized carbons (Fsp3) is 0.267. The molecule has 0 aliphatic rings. The molecule has 0 fully saturated rings. The number of rotatable bonds is 3. The molecule has 5 heteroatoms. The first-order valence-corrected chi connectivity index (χ1v) is 7.48. The lowest BCUT2D eigenvalue weighted by Gasteiger charge is -2.25. The van der Waals surface area contributed by atoms with Crippen LogP contribution >= 0.6 is 22.9 Å². The summed E-state index contributed by atoms with van der Waals surface area (Å²) in [5, 5.41) is 0.386. The first-order valence-electron chi connectivity index (χ1n) is 6.29. The van der Waals surface area contributed by atoms with Crippen molar-refractivity contribution in [2.75, 3.05) is 12.8 Å². The van der Waals surface area contributed by atoms with Crippen molar-refractivity contribution >= 4 is 34.5 Å². The zero-order valence-corrected chi connectivity index (χ0v) is 13.3. The molecular formula is C15H17ClN2OS. The number of hydrogen-bond donors (Lipinski definition) is 1. The number of carbonyl (C=O) groups is 1. The molecule has 1 unspecified atom stereocenters. The largest absolute Gasteiger partial charge is 0.398 e. The van der Waals surface area contributed by atoms with Gasteiger partial charge in [-0.3, -0.25) is 4.79 Å². The van der Waals surface area contributed by atoms with Crippen molar-refractivity contribution < 1.29 is 4.79 Å². The number of nitrogens with zero attached hydrogens (tertiary/aromatic N) is 1. The Morgan fingerprint density at radius 1 is 1.35 bits per heavy atom. The second-order valence-electron chi connectivity index (χ2n) is 4.74. The molecule has 20 heavy (non-hydrogen) atoms. The van der Waals surface area contributed by atoms with E-state index in [1.165, 1.54) is 4.88 Å². The lowest BCUT2D eigenvalue weighted by Crippen LogP contribution is -2.30. The highest BCUT2D eigenvalue weighted by atomic mass is 35.5. The van der Waals surface area contributed by atoms with Crippen molar-refractivity contribution in [2.45, 2.75) is 19.9 Å². The molecule has 0 aliphatic carbocycles. The first-order chi connectivity index (χ1) is 9.41. The molecule has 0 bridgehead atoms. The third-order valence-corrected chi connectivity index (χ3v) is 4.82. The average Bonchev–Trinajstić information content (AvgIpc) is 2.83. The number of aryl methyl sites for hydroxylation is 1. The predicted octanol–water partition coefficient (Wildman–Crippen LogP) is 4.13. The van der Waals surface area contributed by atoms with Crippen LogP contribution in [0, 0.1) is 6.92 Å². The Morgan fingerprint density at radius 3 is 2.60 bits per heavy atom. The Bertz CT molecular complexity index is 618. The maximum Gasteiger partial charge on any atom is 0.257 e. The molecule has 3 nitrogen and oxygen atoms in total. The van der Waals surface area contributed by atoms with Crippen LogP contribution in [0.25, 0.3) is 0 Å². The van der Waals surface area contributed by atoms with Gasteiger partial charge in [0.25, 0.3) is 5.91 Å². The van der Waals surface area contributed by atoms with Gasteiger partial charge < -0.3 is 10.6 Å². The number of amides is 1. The molecule has 1 atom stereocenters. The summed E-state index contributed by atoms with van der Waals surface area (Å²) < 4.78 is 0. The van der Waals surface area contributed by atoms with Gasteiger partial charge in [-0.25, -0.2) is 0 Å². The molecule has 1 amide bonds. The minimum absolute atomic E-state index is 0.0168. The molecule has 1 heterocycles. The second kappa shape index (κ2) is 5.85. The summed E-state index contributed by atoms with van der Waals surface area (Å²) in [6.45, 7) is 4.05. The van der Waals surface area contributed by atoms with E-state index in [4.69, 9.17) is 17.3 Å². The van der Waals surface area contributed by atoms with Gasteiger partial charge in [-0.15, -0.1) is 11.3 Å². The second-order valence-corrected chi connectivity index (χ2v) is 6.47. The average molecular weight is 309 g/mol. The van der Waals surface area contributed by atoms with E-state index in [2.05, 4.69) is 13.0 Å². The SMILES string of the molecule is Cc1ccc(C(C)N(C)C(=O)c2c(N)cccc2Cl)s1. The van der Waals surface area contributed by atoms with E-state index in [1.807, 2.05) is 13.0 Å². The Balaban J connectivity index is 2.29. The van der Waals surface area contributed by atoms with Crippen LogP contribution in [0.5, 0.6) is 0 Å². The van der Waals surface area contributed by atoms with Gasteiger partial charge in [0.2, 0.25) is 0 Å². The summed E-state index contributed by atoms with van der Waals surface area (Å²) in [5.74, 6) is -0.161. The number of nitrogens with two attached hydrogens (primary N) is 1. The molecule has 0 spiro atoms. The fourth-order valence-electron chi connectivity index (χ4n) is 1.99. The lowest BCUT2D eigenvalue weighted by molar-refractivity contribution is 0.0746. The number of anilines is 1.